The molecule has 1 saturated heterocycles. The van der Waals surface area contributed by atoms with Crippen LogP contribution in [-0.4, -0.2) is 19.0 Å². The Morgan fingerprint density at radius 2 is 2.14 bits per heavy atom. The quantitative estimate of drug-likeness (QED) is 0.842. The summed E-state index contributed by atoms with van der Waals surface area (Å²) in [4.78, 5) is 11.8. The van der Waals surface area contributed by atoms with Gasteiger partial charge in [0, 0.05) is 6.42 Å². The topological polar surface area (TPSA) is 41.1 Å². The predicted octanol–water partition coefficient (Wildman–Crippen LogP) is 3.17. The number of halogens is 4. The van der Waals surface area contributed by atoms with Crippen molar-refractivity contribution in [3.05, 3.63) is 29.6 Å². The van der Waals surface area contributed by atoms with E-state index in [-0.39, 0.29) is 12.3 Å². The first-order valence-electron chi connectivity index (χ1n) is 6.73. The number of alkyl halides is 3. The van der Waals surface area contributed by atoms with Crippen molar-refractivity contribution < 1.29 is 22.4 Å². The van der Waals surface area contributed by atoms with E-state index in [0.29, 0.717) is 24.7 Å². The van der Waals surface area contributed by atoms with Gasteiger partial charge < -0.3 is 10.6 Å². The number of hydrogen-bond acceptors (Lipinski definition) is 2. The van der Waals surface area contributed by atoms with Crippen LogP contribution in [0.3, 0.4) is 0 Å². The normalized spacial score (nSPS) is 19.3. The Bertz CT molecular complexity index is 510. The van der Waals surface area contributed by atoms with Crippen LogP contribution in [0.1, 0.15) is 24.8 Å². The number of nitrogens with one attached hydrogen (secondary N) is 2. The van der Waals surface area contributed by atoms with E-state index >= 15 is 0 Å². The molecule has 2 N–H and O–H groups in total. The Morgan fingerprint density at radius 1 is 1.38 bits per heavy atom. The number of benzene rings is 1. The van der Waals surface area contributed by atoms with Crippen LogP contribution in [0, 0.1) is 11.7 Å². The second kappa shape index (κ2) is 6.43. The molecule has 0 spiro atoms. The van der Waals surface area contributed by atoms with Crippen LogP contribution in [0.4, 0.5) is 23.2 Å². The van der Waals surface area contributed by atoms with Crippen molar-refractivity contribution in [1.82, 2.24) is 5.32 Å². The van der Waals surface area contributed by atoms with Gasteiger partial charge in [-0.2, -0.15) is 13.2 Å². The molecular weight excluding hydrogens is 288 g/mol. The van der Waals surface area contributed by atoms with Gasteiger partial charge in [-0.15, -0.1) is 0 Å². The van der Waals surface area contributed by atoms with Gasteiger partial charge in [-0.1, -0.05) is 0 Å². The van der Waals surface area contributed by atoms with Crippen LogP contribution >= 0.6 is 0 Å². The molecule has 0 radical (unpaired) electrons. The summed E-state index contributed by atoms with van der Waals surface area (Å²) >= 11 is 0. The minimum Gasteiger partial charge on any atom is -0.324 e. The first kappa shape index (κ1) is 15.8. The van der Waals surface area contributed by atoms with E-state index in [1.165, 1.54) is 0 Å². The first-order valence-corrected chi connectivity index (χ1v) is 6.73. The van der Waals surface area contributed by atoms with E-state index in [4.69, 9.17) is 0 Å². The lowest BCUT2D eigenvalue weighted by Gasteiger charge is -2.22. The zero-order valence-electron chi connectivity index (χ0n) is 11.3. The molecule has 1 amide bonds. The lowest BCUT2D eigenvalue weighted by Crippen LogP contribution is -2.32. The van der Waals surface area contributed by atoms with Crippen LogP contribution in [0.15, 0.2) is 18.2 Å². The second-order valence-electron chi connectivity index (χ2n) is 5.16. The number of rotatable bonds is 3. The zero-order valence-corrected chi connectivity index (χ0v) is 11.3. The summed E-state index contributed by atoms with van der Waals surface area (Å²) < 4.78 is 51.2. The van der Waals surface area contributed by atoms with Gasteiger partial charge in [-0.05, 0) is 50.0 Å². The monoisotopic (exact) mass is 304 g/mol. The van der Waals surface area contributed by atoms with Gasteiger partial charge in [-0.3, -0.25) is 4.79 Å². The second-order valence-corrected chi connectivity index (χ2v) is 5.16. The van der Waals surface area contributed by atoms with E-state index < -0.39 is 29.2 Å². The van der Waals surface area contributed by atoms with Gasteiger partial charge in [0.15, 0.2) is 0 Å². The van der Waals surface area contributed by atoms with Crippen molar-refractivity contribution in [2.24, 2.45) is 5.92 Å². The minimum absolute atomic E-state index is 0.132. The minimum atomic E-state index is -4.57. The maximum absolute atomic E-state index is 13.5. The zero-order chi connectivity index (χ0) is 15.5. The average Bonchev–Trinajstić information content (AvgIpc) is 2.41. The molecule has 116 valence electrons. The van der Waals surface area contributed by atoms with Gasteiger partial charge >= 0.3 is 6.18 Å². The molecule has 7 heteroatoms. The highest BCUT2D eigenvalue weighted by molar-refractivity contribution is 5.91. The summed E-state index contributed by atoms with van der Waals surface area (Å²) in [6.07, 6.45) is -2.56. The Kier molecular flexibility index (Phi) is 4.82. The van der Waals surface area contributed by atoms with E-state index in [1.54, 1.807) is 0 Å². The number of anilines is 1. The molecule has 1 aliphatic heterocycles. The smallest absolute Gasteiger partial charge is 0.324 e. The molecule has 3 nitrogen and oxygen atoms in total. The molecular formula is C14H16F4N2O. The molecule has 1 aromatic carbocycles. The Morgan fingerprint density at radius 3 is 2.76 bits per heavy atom. The van der Waals surface area contributed by atoms with Crippen molar-refractivity contribution >= 4 is 11.6 Å². The molecule has 1 fully saturated rings. The van der Waals surface area contributed by atoms with Gasteiger partial charge in [-0.25, -0.2) is 4.39 Å². The van der Waals surface area contributed by atoms with Crippen LogP contribution in [0.25, 0.3) is 0 Å². The number of hydrogen-bond donors (Lipinski definition) is 2. The molecule has 1 aromatic rings. The summed E-state index contributed by atoms with van der Waals surface area (Å²) in [6.45, 7) is 1.60. The van der Waals surface area contributed by atoms with Crippen LogP contribution in [0.5, 0.6) is 0 Å². The number of carbonyl (C=O) groups excluding carboxylic acids is 1. The first-order chi connectivity index (χ1) is 9.86. The highest BCUT2D eigenvalue weighted by atomic mass is 19.4. The SMILES string of the molecule is O=C(CC1CCCNC1)Nc1cc(C(F)(F)F)ccc1F. The summed E-state index contributed by atoms with van der Waals surface area (Å²) in [5, 5.41) is 5.37. The number of amides is 1. The van der Waals surface area contributed by atoms with E-state index in [0.717, 1.165) is 19.4 Å². The van der Waals surface area contributed by atoms with Gasteiger partial charge in [0.2, 0.25) is 5.91 Å². The molecule has 0 aliphatic carbocycles. The highest BCUT2D eigenvalue weighted by Crippen LogP contribution is 2.32. The van der Waals surface area contributed by atoms with Gasteiger partial charge in [0.25, 0.3) is 0 Å². The van der Waals surface area contributed by atoms with Crippen molar-refractivity contribution in [2.75, 3.05) is 18.4 Å². The third-order valence-electron chi connectivity index (χ3n) is 3.44. The Hall–Kier alpha value is -1.63. The standard InChI is InChI=1S/C14H16F4N2O/c15-11-4-3-10(14(16,17)18)7-12(11)20-13(21)6-9-2-1-5-19-8-9/h3-4,7,9,19H,1-2,5-6,8H2,(H,20,21). The maximum atomic E-state index is 13.5. The van der Waals surface area contributed by atoms with Gasteiger partial charge in [0.05, 0.1) is 11.3 Å². The summed E-state index contributed by atoms with van der Waals surface area (Å²) in [7, 11) is 0. The fraction of sp³-hybridized carbons (Fsp3) is 0.500. The fourth-order valence-electron chi connectivity index (χ4n) is 2.36. The molecule has 2 rings (SSSR count). The van der Waals surface area contributed by atoms with Crippen molar-refractivity contribution in [3.8, 4) is 0 Å². The predicted molar refractivity (Wildman–Crippen MR) is 70.2 cm³/mol. The Labute approximate surface area is 119 Å². The van der Waals surface area contributed by atoms with Crippen LogP contribution in [0.2, 0.25) is 0 Å². The molecule has 0 saturated carbocycles. The number of piperidine rings is 1. The molecule has 21 heavy (non-hydrogen) atoms. The lowest BCUT2D eigenvalue weighted by molar-refractivity contribution is -0.137. The summed E-state index contributed by atoms with van der Waals surface area (Å²) in [5.41, 5.74) is -1.42. The largest absolute Gasteiger partial charge is 0.416 e. The molecule has 0 bridgehead atoms. The van der Waals surface area contributed by atoms with Crippen molar-refractivity contribution in [2.45, 2.75) is 25.4 Å². The highest BCUT2D eigenvalue weighted by Gasteiger charge is 2.31. The van der Waals surface area contributed by atoms with Gasteiger partial charge in [0.1, 0.15) is 5.82 Å². The Balaban J connectivity index is 2.02. The number of carbonyl (C=O) groups is 1. The van der Waals surface area contributed by atoms with E-state index in [1.807, 2.05) is 0 Å². The lowest BCUT2D eigenvalue weighted by atomic mass is 9.96. The van der Waals surface area contributed by atoms with Crippen molar-refractivity contribution in [1.29, 1.82) is 0 Å². The van der Waals surface area contributed by atoms with Crippen molar-refractivity contribution in [3.63, 3.8) is 0 Å². The molecule has 1 unspecified atom stereocenters. The van der Waals surface area contributed by atoms with Crippen LogP contribution < -0.4 is 10.6 Å². The molecule has 1 aliphatic rings. The summed E-state index contributed by atoms with van der Waals surface area (Å²) in [5.74, 6) is -1.22. The third kappa shape index (κ3) is 4.42. The third-order valence-corrected chi connectivity index (χ3v) is 3.44. The van der Waals surface area contributed by atoms with E-state index in [2.05, 4.69) is 10.6 Å². The summed E-state index contributed by atoms with van der Waals surface area (Å²) in [6, 6.07) is 1.98. The maximum Gasteiger partial charge on any atom is 0.416 e. The molecule has 0 aromatic heterocycles. The van der Waals surface area contributed by atoms with Crippen LogP contribution in [-0.2, 0) is 11.0 Å². The van der Waals surface area contributed by atoms with E-state index in [9.17, 15) is 22.4 Å². The fourth-order valence-corrected chi connectivity index (χ4v) is 2.36. The average molecular weight is 304 g/mol. The molecule has 1 atom stereocenters. The molecule has 1 heterocycles.